The van der Waals surface area contributed by atoms with Crippen LogP contribution in [0.15, 0.2) is 0 Å². The van der Waals surface area contributed by atoms with Gasteiger partial charge < -0.3 is 4.74 Å². The van der Waals surface area contributed by atoms with Crippen molar-refractivity contribution < 1.29 is 9.53 Å². The summed E-state index contributed by atoms with van der Waals surface area (Å²) in [4.78, 5) is 11.7. The number of hydrogen-bond donors (Lipinski definition) is 0. The number of ether oxygens (including phenoxy) is 1. The van der Waals surface area contributed by atoms with E-state index in [9.17, 15) is 4.79 Å². The smallest absolute Gasteiger partial charge is 0.305 e. The van der Waals surface area contributed by atoms with Gasteiger partial charge in [-0.25, -0.2) is 0 Å². The summed E-state index contributed by atoms with van der Waals surface area (Å²) in [6, 6.07) is 0. The quantitative estimate of drug-likeness (QED) is 0.127. The Hall–Kier alpha value is -0.530. The van der Waals surface area contributed by atoms with Gasteiger partial charge in [-0.15, -0.1) is 0 Å². The lowest BCUT2D eigenvalue weighted by Crippen LogP contribution is -2.05. The molecule has 0 aliphatic carbocycles. The zero-order valence-corrected chi connectivity index (χ0v) is 19.6. The summed E-state index contributed by atoms with van der Waals surface area (Å²) in [6.45, 7) is 5.16. The molecule has 0 unspecified atom stereocenters. The zero-order chi connectivity index (χ0) is 20.5. The molecule has 0 atom stereocenters. The highest BCUT2D eigenvalue weighted by Gasteiger charge is 2.02. The fourth-order valence-electron chi connectivity index (χ4n) is 3.78. The largest absolute Gasteiger partial charge is 0.466 e. The highest BCUT2D eigenvalue weighted by molar-refractivity contribution is 5.69. The third kappa shape index (κ3) is 23.5. The maximum Gasteiger partial charge on any atom is 0.305 e. The van der Waals surface area contributed by atoms with E-state index in [1.54, 1.807) is 0 Å². The van der Waals surface area contributed by atoms with Gasteiger partial charge in [-0.05, 0) is 12.8 Å². The van der Waals surface area contributed by atoms with E-state index in [0.29, 0.717) is 13.0 Å². The van der Waals surface area contributed by atoms with E-state index in [1.807, 2.05) is 0 Å². The van der Waals surface area contributed by atoms with Gasteiger partial charge in [0.15, 0.2) is 0 Å². The lowest BCUT2D eigenvalue weighted by atomic mass is 10.0. The Bertz CT molecular complexity index is 301. The summed E-state index contributed by atoms with van der Waals surface area (Å²) in [5.41, 5.74) is 0. The Morgan fingerprint density at radius 2 is 0.786 bits per heavy atom. The molecule has 0 aromatic heterocycles. The van der Waals surface area contributed by atoms with Crippen molar-refractivity contribution in [3.05, 3.63) is 0 Å². The van der Waals surface area contributed by atoms with Crippen LogP contribution in [0, 0.1) is 0 Å². The van der Waals surface area contributed by atoms with Crippen molar-refractivity contribution in [2.24, 2.45) is 0 Å². The molecule has 0 spiro atoms. The topological polar surface area (TPSA) is 26.3 Å². The van der Waals surface area contributed by atoms with Crippen LogP contribution in [0.25, 0.3) is 0 Å². The summed E-state index contributed by atoms with van der Waals surface area (Å²) < 4.78 is 5.34. The highest BCUT2D eigenvalue weighted by atomic mass is 16.5. The minimum atomic E-state index is 0.0184. The van der Waals surface area contributed by atoms with Crippen molar-refractivity contribution in [2.45, 2.75) is 155 Å². The van der Waals surface area contributed by atoms with Gasteiger partial charge in [0.05, 0.1) is 6.61 Å². The second-order valence-electron chi connectivity index (χ2n) is 8.69. The van der Waals surface area contributed by atoms with Crippen LogP contribution in [0.1, 0.15) is 155 Å². The van der Waals surface area contributed by atoms with Gasteiger partial charge in [-0.2, -0.15) is 0 Å². The standard InChI is InChI=1S/C26H52O2/c1-3-5-7-9-11-12-13-14-15-16-17-18-20-22-24-26(27)28-25-23-21-19-10-8-6-4-2/h3-25H2,1-2H3. The Morgan fingerprint density at radius 1 is 0.464 bits per heavy atom. The molecule has 0 saturated heterocycles. The molecule has 28 heavy (non-hydrogen) atoms. The monoisotopic (exact) mass is 396 g/mol. The van der Waals surface area contributed by atoms with Crippen LogP contribution in [0.5, 0.6) is 0 Å². The summed E-state index contributed by atoms with van der Waals surface area (Å²) >= 11 is 0. The van der Waals surface area contributed by atoms with E-state index in [4.69, 9.17) is 4.74 Å². The molecular formula is C26H52O2. The van der Waals surface area contributed by atoms with Crippen molar-refractivity contribution in [2.75, 3.05) is 6.61 Å². The van der Waals surface area contributed by atoms with Crippen LogP contribution in [-0.2, 0) is 9.53 Å². The van der Waals surface area contributed by atoms with Crippen molar-refractivity contribution in [1.82, 2.24) is 0 Å². The summed E-state index contributed by atoms with van der Waals surface area (Å²) in [6.07, 6.45) is 28.4. The summed E-state index contributed by atoms with van der Waals surface area (Å²) in [7, 11) is 0. The van der Waals surface area contributed by atoms with Gasteiger partial charge >= 0.3 is 5.97 Å². The first kappa shape index (κ1) is 27.5. The second-order valence-corrected chi connectivity index (χ2v) is 8.69. The minimum absolute atomic E-state index is 0.0184. The molecule has 0 radical (unpaired) electrons. The number of esters is 1. The number of rotatable bonds is 23. The average molecular weight is 397 g/mol. The number of carbonyl (C=O) groups excluding carboxylic acids is 1. The number of unbranched alkanes of at least 4 members (excludes halogenated alkanes) is 19. The van der Waals surface area contributed by atoms with Crippen LogP contribution >= 0.6 is 0 Å². The van der Waals surface area contributed by atoms with E-state index in [0.717, 1.165) is 12.8 Å². The number of carbonyl (C=O) groups is 1. The van der Waals surface area contributed by atoms with E-state index in [-0.39, 0.29) is 5.97 Å². The summed E-state index contributed by atoms with van der Waals surface area (Å²) in [5.74, 6) is 0.0184. The van der Waals surface area contributed by atoms with Crippen molar-refractivity contribution in [1.29, 1.82) is 0 Å². The first-order valence-electron chi connectivity index (χ1n) is 13.0. The molecule has 0 aromatic rings. The molecule has 0 aliphatic heterocycles. The molecular weight excluding hydrogens is 344 g/mol. The summed E-state index contributed by atoms with van der Waals surface area (Å²) in [5, 5.41) is 0. The van der Waals surface area contributed by atoms with E-state index in [2.05, 4.69) is 13.8 Å². The van der Waals surface area contributed by atoms with Crippen LogP contribution < -0.4 is 0 Å². The average Bonchev–Trinajstić information content (AvgIpc) is 2.70. The molecule has 0 aliphatic rings. The molecule has 2 nitrogen and oxygen atoms in total. The van der Waals surface area contributed by atoms with Crippen molar-refractivity contribution >= 4 is 5.97 Å². The van der Waals surface area contributed by atoms with E-state index < -0.39 is 0 Å². The third-order valence-electron chi connectivity index (χ3n) is 5.75. The molecule has 168 valence electrons. The Kier molecular flexibility index (Phi) is 24.0. The highest BCUT2D eigenvalue weighted by Crippen LogP contribution is 2.13. The Labute approximate surface area is 177 Å². The predicted octanol–water partition coefficient (Wildman–Crippen LogP) is 9.15. The van der Waals surface area contributed by atoms with Gasteiger partial charge in [-0.1, -0.05) is 136 Å². The van der Waals surface area contributed by atoms with Crippen molar-refractivity contribution in [3.63, 3.8) is 0 Å². The number of hydrogen-bond acceptors (Lipinski definition) is 2. The third-order valence-corrected chi connectivity index (χ3v) is 5.75. The van der Waals surface area contributed by atoms with E-state index in [1.165, 1.54) is 122 Å². The van der Waals surface area contributed by atoms with E-state index >= 15 is 0 Å². The normalized spacial score (nSPS) is 11.1. The van der Waals surface area contributed by atoms with Gasteiger partial charge in [-0.3, -0.25) is 4.79 Å². The zero-order valence-electron chi connectivity index (χ0n) is 19.6. The van der Waals surface area contributed by atoms with Gasteiger partial charge in [0.25, 0.3) is 0 Å². The molecule has 0 bridgehead atoms. The first-order chi connectivity index (χ1) is 13.8. The molecule has 0 amide bonds. The Balaban J connectivity index is 3.12. The molecule has 0 heterocycles. The molecule has 2 heteroatoms. The minimum Gasteiger partial charge on any atom is -0.466 e. The maximum absolute atomic E-state index is 11.7. The molecule has 0 N–H and O–H groups in total. The lowest BCUT2D eigenvalue weighted by molar-refractivity contribution is -0.143. The fraction of sp³-hybridized carbons (Fsp3) is 0.962. The van der Waals surface area contributed by atoms with Crippen LogP contribution in [0.4, 0.5) is 0 Å². The predicted molar refractivity (Wildman–Crippen MR) is 124 cm³/mol. The van der Waals surface area contributed by atoms with Gasteiger partial charge in [0.2, 0.25) is 0 Å². The molecule has 0 fully saturated rings. The molecule has 0 aromatic carbocycles. The van der Waals surface area contributed by atoms with Crippen molar-refractivity contribution in [3.8, 4) is 0 Å². The molecule has 0 rings (SSSR count). The second kappa shape index (κ2) is 24.5. The Morgan fingerprint density at radius 3 is 1.18 bits per heavy atom. The van der Waals surface area contributed by atoms with Gasteiger partial charge in [0, 0.05) is 6.42 Å². The first-order valence-corrected chi connectivity index (χ1v) is 13.0. The SMILES string of the molecule is CCCCCCCCCCCCCCCCC(=O)OCCCCCCCCC. The maximum atomic E-state index is 11.7. The van der Waals surface area contributed by atoms with Crippen LogP contribution in [-0.4, -0.2) is 12.6 Å². The molecule has 0 saturated carbocycles. The lowest BCUT2D eigenvalue weighted by Gasteiger charge is -2.05. The van der Waals surface area contributed by atoms with Crippen LogP contribution in [0.2, 0.25) is 0 Å². The van der Waals surface area contributed by atoms with Crippen LogP contribution in [0.3, 0.4) is 0 Å². The van der Waals surface area contributed by atoms with Gasteiger partial charge in [0.1, 0.15) is 0 Å². The fourth-order valence-corrected chi connectivity index (χ4v) is 3.78.